The summed E-state index contributed by atoms with van der Waals surface area (Å²) >= 11 is 0. The summed E-state index contributed by atoms with van der Waals surface area (Å²) in [6.07, 6.45) is 2.76. The standard InChI is InChI=1S/C21H30N6O5/c1-24-19-17(20(30)25(2)21(24)31)22-18(23-19)14-6-8-26(9-7-14)15(28)4-3-5-16(29)27-10-12-32-13-11-27/h14H,3-13H2,1-2H3,(H,22,23). The number of amides is 2. The molecule has 0 unspecified atom stereocenters. The molecule has 0 aliphatic carbocycles. The lowest BCUT2D eigenvalue weighted by atomic mass is 9.96. The first kappa shape index (κ1) is 22.3. The van der Waals surface area contributed by atoms with Crippen molar-refractivity contribution in [3.63, 3.8) is 0 Å². The van der Waals surface area contributed by atoms with Gasteiger partial charge in [0.25, 0.3) is 5.56 Å². The number of morpholine rings is 1. The minimum Gasteiger partial charge on any atom is -0.378 e. The van der Waals surface area contributed by atoms with Crippen LogP contribution in [0.4, 0.5) is 0 Å². The molecule has 0 bridgehead atoms. The van der Waals surface area contributed by atoms with Gasteiger partial charge in [-0.15, -0.1) is 0 Å². The first-order chi connectivity index (χ1) is 15.4. The van der Waals surface area contributed by atoms with Crippen LogP contribution in [-0.4, -0.2) is 80.1 Å². The Morgan fingerprint density at radius 3 is 2.19 bits per heavy atom. The lowest BCUT2D eigenvalue weighted by Gasteiger charge is -2.31. The molecule has 0 radical (unpaired) electrons. The number of fused-ring (bicyclic) bond motifs is 1. The number of H-pyrrole nitrogens is 1. The lowest BCUT2D eigenvalue weighted by molar-refractivity contribution is -0.136. The van der Waals surface area contributed by atoms with E-state index in [1.165, 1.54) is 11.6 Å². The summed E-state index contributed by atoms with van der Waals surface area (Å²) in [5, 5.41) is 0. The molecule has 2 fully saturated rings. The average Bonchev–Trinajstić information content (AvgIpc) is 3.27. The van der Waals surface area contributed by atoms with Gasteiger partial charge in [-0.3, -0.25) is 23.5 Å². The van der Waals surface area contributed by atoms with Gasteiger partial charge in [-0.1, -0.05) is 0 Å². The van der Waals surface area contributed by atoms with Crippen LogP contribution in [0.3, 0.4) is 0 Å². The highest BCUT2D eigenvalue weighted by atomic mass is 16.5. The van der Waals surface area contributed by atoms with E-state index in [9.17, 15) is 19.2 Å². The number of carbonyl (C=O) groups excluding carboxylic acids is 2. The number of imidazole rings is 1. The molecule has 2 aromatic heterocycles. The summed E-state index contributed by atoms with van der Waals surface area (Å²) in [5.74, 6) is 0.931. The molecule has 2 aliphatic heterocycles. The Morgan fingerprint density at radius 2 is 1.56 bits per heavy atom. The summed E-state index contributed by atoms with van der Waals surface area (Å²) in [4.78, 5) is 60.6. The van der Waals surface area contributed by atoms with E-state index in [0.29, 0.717) is 75.6 Å². The monoisotopic (exact) mass is 446 g/mol. The molecular formula is C21H30N6O5. The zero-order valence-corrected chi connectivity index (χ0v) is 18.6. The molecule has 4 rings (SSSR count). The van der Waals surface area contributed by atoms with Crippen LogP contribution in [0.15, 0.2) is 9.59 Å². The number of carbonyl (C=O) groups is 2. The number of likely N-dealkylation sites (tertiary alicyclic amines) is 1. The van der Waals surface area contributed by atoms with Crippen molar-refractivity contribution in [1.82, 2.24) is 28.9 Å². The van der Waals surface area contributed by atoms with Crippen molar-refractivity contribution in [1.29, 1.82) is 0 Å². The summed E-state index contributed by atoms with van der Waals surface area (Å²) in [7, 11) is 3.04. The van der Waals surface area contributed by atoms with Gasteiger partial charge in [-0.05, 0) is 19.3 Å². The van der Waals surface area contributed by atoms with E-state index in [1.807, 2.05) is 4.90 Å². The second-order valence-electron chi connectivity index (χ2n) is 8.53. The van der Waals surface area contributed by atoms with Gasteiger partial charge in [0.1, 0.15) is 11.3 Å². The average molecular weight is 447 g/mol. The maximum absolute atomic E-state index is 12.6. The smallest absolute Gasteiger partial charge is 0.332 e. The molecule has 0 saturated carbocycles. The summed E-state index contributed by atoms with van der Waals surface area (Å²) in [6, 6.07) is 0. The third-order valence-corrected chi connectivity index (χ3v) is 6.49. The van der Waals surface area contributed by atoms with E-state index >= 15 is 0 Å². The minimum atomic E-state index is -0.409. The number of nitrogens with one attached hydrogen (secondary N) is 1. The molecule has 2 amide bonds. The quantitative estimate of drug-likeness (QED) is 0.673. The van der Waals surface area contributed by atoms with Crippen molar-refractivity contribution < 1.29 is 14.3 Å². The SMILES string of the molecule is Cn1c(=O)c2[nH]c(C3CCN(C(=O)CCCC(=O)N4CCOCC4)CC3)nc2n(C)c1=O. The van der Waals surface area contributed by atoms with Crippen LogP contribution in [-0.2, 0) is 28.4 Å². The molecule has 32 heavy (non-hydrogen) atoms. The molecule has 1 N–H and O–H groups in total. The number of hydrogen-bond donors (Lipinski definition) is 1. The molecule has 11 nitrogen and oxygen atoms in total. The fourth-order valence-corrected chi connectivity index (χ4v) is 4.46. The Morgan fingerprint density at radius 1 is 0.969 bits per heavy atom. The van der Waals surface area contributed by atoms with E-state index in [0.717, 1.165) is 17.4 Å². The Hall–Kier alpha value is -2.95. The zero-order chi connectivity index (χ0) is 22.8. The van der Waals surface area contributed by atoms with Crippen molar-refractivity contribution in [2.45, 2.75) is 38.0 Å². The van der Waals surface area contributed by atoms with Gasteiger partial charge in [0.05, 0.1) is 13.2 Å². The highest BCUT2D eigenvalue weighted by Crippen LogP contribution is 2.27. The van der Waals surface area contributed by atoms with Gasteiger partial charge in [0, 0.05) is 59.0 Å². The predicted molar refractivity (Wildman–Crippen MR) is 116 cm³/mol. The number of aromatic amines is 1. The van der Waals surface area contributed by atoms with Crippen molar-refractivity contribution >= 4 is 23.0 Å². The molecule has 0 spiro atoms. The van der Waals surface area contributed by atoms with Crippen LogP contribution in [0.25, 0.3) is 11.2 Å². The largest absolute Gasteiger partial charge is 0.378 e. The Kier molecular flexibility index (Phi) is 6.45. The molecule has 11 heteroatoms. The normalized spacial score (nSPS) is 17.8. The van der Waals surface area contributed by atoms with E-state index in [4.69, 9.17) is 4.74 Å². The van der Waals surface area contributed by atoms with Gasteiger partial charge in [-0.2, -0.15) is 0 Å². The lowest BCUT2D eigenvalue weighted by Crippen LogP contribution is -2.41. The van der Waals surface area contributed by atoms with Gasteiger partial charge >= 0.3 is 5.69 Å². The minimum absolute atomic E-state index is 0.0686. The molecule has 174 valence electrons. The summed E-state index contributed by atoms with van der Waals surface area (Å²) < 4.78 is 7.69. The van der Waals surface area contributed by atoms with Crippen LogP contribution in [0, 0.1) is 0 Å². The number of aryl methyl sites for hydroxylation is 1. The van der Waals surface area contributed by atoms with Crippen molar-refractivity contribution in [3.8, 4) is 0 Å². The third kappa shape index (κ3) is 4.34. The summed E-state index contributed by atoms with van der Waals surface area (Å²) in [5.41, 5.74) is -0.112. The number of aromatic nitrogens is 4. The first-order valence-electron chi connectivity index (χ1n) is 11.2. The fraction of sp³-hybridized carbons (Fsp3) is 0.667. The number of hydrogen-bond acceptors (Lipinski definition) is 6. The van der Waals surface area contributed by atoms with Crippen molar-refractivity contribution in [2.75, 3.05) is 39.4 Å². The van der Waals surface area contributed by atoms with Crippen LogP contribution < -0.4 is 11.2 Å². The second kappa shape index (κ2) is 9.27. The maximum atomic E-state index is 12.6. The molecule has 0 atom stereocenters. The maximum Gasteiger partial charge on any atom is 0.332 e. The van der Waals surface area contributed by atoms with Gasteiger partial charge < -0.3 is 19.5 Å². The first-order valence-corrected chi connectivity index (χ1v) is 11.2. The van der Waals surface area contributed by atoms with Crippen molar-refractivity contribution in [3.05, 3.63) is 26.7 Å². The van der Waals surface area contributed by atoms with Crippen LogP contribution in [0.2, 0.25) is 0 Å². The Labute approximate surface area is 185 Å². The number of ether oxygens (including phenoxy) is 1. The highest BCUT2D eigenvalue weighted by molar-refractivity contribution is 5.79. The fourth-order valence-electron chi connectivity index (χ4n) is 4.46. The summed E-state index contributed by atoms with van der Waals surface area (Å²) in [6.45, 7) is 3.62. The number of rotatable bonds is 5. The van der Waals surface area contributed by atoms with E-state index in [1.54, 1.807) is 11.9 Å². The van der Waals surface area contributed by atoms with E-state index < -0.39 is 5.69 Å². The molecule has 2 aromatic rings. The van der Waals surface area contributed by atoms with E-state index in [-0.39, 0.29) is 23.3 Å². The predicted octanol–water partition coefficient (Wildman–Crippen LogP) is -0.305. The van der Waals surface area contributed by atoms with Crippen LogP contribution in [0.1, 0.15) is 43.8 Å². The molecule has 2 aliphatic rings. The Bertz CT molecular complexity index is 1120. The van der Waals surface area contributed by atoms with Gasteiger partial charge in [0.15, 0.2) is 5.65 Å². The second-order valence-corrected chi connectivity index (χ2v) is 8.53. The number of nitrogens with zero attached hydrogens (tertiary/aromatic N) is 5. The highest BCUT2D eigenvalue weighted by Gasteiger charge is 2.27. The zero-order valence-electron chi connectivity index (χ0n) is 18.6. The topological polar surface area (TPSA) is 123 Å². The van der Waals surface area contributed by atoms with Crippen LogP contribution in [0.5, 0.6) is 0 Å². The van der Waals surface area contributed by atoms with Gasteiger partial charge in [0.2, 0.25) is 11.8 Å². The molecule has 2 saturated heterocycles. The van der Waals surface area contributed by atoms with E-state index in [2.05, 4.69) is 9.97 Å². The third-order valence-electron chi connectivity index (χ3n) is 6.49. The number of piperidine rings is 1. The molecule has 4 heterocycles. The molecule has 0 aromatic carbocycles. The van der Waals surface area contributed by atoms with Gasteiger partial charge in [-0.25, -0.2) is 9.78 Å². The Balaban J connectivity index is 1.30. The van der Waals surface area contributed by atoms with Crippen LogP contribution >= 0.6 is 0 Å². The van der Waals surface area contributed by atoms with Crippen molar-refractivity contribution in [2.24, 2.45) is 14.1 Å². The molecular weight excluding hydrogens is 416 g/mol.